The van der Waals surface area contributed by atoms with Gasteiger partial charge >= 0.3 is 0 Å². The molecule has 1 heterocycles. The molecular formula is C13H16N2O3. The van der Waals surface area contributed by atoms with Gasteiger partial charge in [0.2, 0.25) is 0 Å². The van der Waals surface area contributed by atoms with Crippen LogP contribution in [0.25, 0.3) is 0 Å². The van der Waals surface area contributed by atoms with Crippen LogP contribution >= 0.6 is 0 Å². The van der Waals surface area contributed by atoms with Gasteiger partial charge in [0.25, 0.3) is 5.91 Å². The van der Waals surface area contributed by atoms with Gasteiger partial charge in [0, 0.05) is 31.5 Å². The van der Waals surface area contributed by atoms with Crippen molar-refractivity contribution in [2.24, 2.45) is 5.16 Å². The third-order valence-corrected chi connectivity index (χ3v) is 3.21. The fourth-order valence-corrected chi connectivity index (χ4v) is 2.13. The Morgan fingerprint density at radius 3 is 2.56 bits per heavy atom. The number of benzene rings is 1. The predicted octanol–water partition coefficient (Wildman–Crippen LogP) is 1.77. The number of amides is 1. The van der Waals surface area contributed by atoms with E-state index in [9.17, 15) is 9.90 Å². The molecule has 0 unspecified atom stereocenters. The molecule has 0 spiro atoms. The van der Waals surface area contributed by atoms with E-state index in [4.69, 9.17) is 5.21 Å². The van der Waals surface area contributed by atoms with Crippen molar-refractivity contribution in [1.29, 1.82) is 0 Å². The molecule has 1 aromatic rings. The van der Waals surface area contributed by atoms with Crippen molar-refractivity contribution in [3.05, 3.63) is 29.3 Å². The Morgan fingerprint density at radius 1 is 1.33 bits per heavy atom. The number of likely N-dealkylation sites (tertiary alicyclic amines) is 1. The van der Waals surface area contributed by atoms with Crippen LogP contribution in [0.3, 0.4) is 0 Å². The SMILES string of the molecule is Cc1cc(O)ccc1C(=O)N1CCC(=NO)CC1. The van der Waals surface area contributed by atoms with Gasteiger partial charge in [-0.05, 0) is 30.7 Å². The summed E-state index contributed by atoms with van der Waals surface area (Å²) in [5.74, 6) is 0.127. The Labute approximate surface area is 105 Å². The van der Waals surface area contributed by atoms with Crippen LogP contribution in [-0.2, 0) is 0 Å². The van der Waals surface area contributed by atoms with Crippen LogP contribution in [0.5, 0.6) is 5.75 Å². The van der Waals surface area contributed by atoms with Crippen molar-refractivity contribution in [2.45, 2.75) is 19.8 Å². The molecule has 96 valence electrons. The smallest absolute Gasteiger partial charge is 0.254 e. The van der Waals surface area contributed by atoms with Crippen molar-refractivity contribution in [3.63, 3.8) is 0 Å². The maximum absolute atomic E-state index is 12.3. The molecule has 0 bridgehead atoms. The third-order valence-electron chi connectivity index (χ3n) is 3.21. The fraction of sp³-hybridized carbons (Fsp3) is 0.385. The summed E-state index contributed by atoms with van der Waals surface area (Å²) in [4.78, 5) is 14.0. The van der Waals surface area contributed by atoms with Crippen LogP contribution in [0.1, 0.15) is 28.8 Å². The van der Waals surface area contributed by atoms with E-state index in [-0.39, 0.29) is 11.7 Å². The van der Waals surface area contributed by atoms with E-state index in [2.05, 4.69) is 5.16 Å². The van der Waals surface area contributed by atoms with Gasteiger partial charge in [0.15, 0.2) is 0 Å². The van der Waals surface area contributed by atoms with E-state index >= 15 is 0 Å². The van der Waals surface area contributed by atoms with E-state index in [1.54, 1.807) is 24.0 Å². The van der Waals surface area contributed by atoms with E-state index < -0.39 is 0 Å². The van der Waals surface area contributed by atoms with Crippen LogP contribution in [0.15, 0.2) is 23.4 Å². The Bertz CT molecular complexity index is 487. The maximum atomic E-state index is 12.3. The number of oxime groups is 1. The minimum absolute atomic E-state index is 0.0375. The number of rotatable bonds is 1. The third kappa shape index (κ3) is 2.45. The molecule has 18 heavy (non-hydrogen) atoms. The van der Waals surface area contributed by atoms with Crippen LogP contribution in [0.4, 0.5) is 0 Å². The number of aryl methyl sites for hydroxylation is 1. The Balaban J connectivity index is 2.12. The zero-order chi connectivity index (χ0) is 13.1. The number of hydrogen-bond acceptors (Lipinski definition) is 4. The first kappa shape index (κ1) is 12.4. The van der Waals surface area contributed by atoms with Crippen LogP contribution in [-0.4, -0.2) is 39.9 Å². The summed E-state index contributed by atoms with van der Waals surface area (Å²) in [6, 6.07) is 4.74. The second-order valence-corrected chi connectivity index (χ2v) is 4.46. The first-order valence-electron chi connectivity index (χ1n) is 5.90. The monoisotopic (exact) mass is 248 g/mol. The van der Waals surface area contributed by atoms with E-state index in [1.807, 2.05) is 0 Å². The molecule has 0 aliphatic carbocycles. The fourth-order valence-electron chi connectivity index (χ4n) is 2.13. The summed E-state index contributed by atoms with van der Waals surface area (Å²) in [6.07, 6.45) is 1.22. The second-order valence-electron chi connectivity index (χ2n) is 4.46. The van der Waals surface area contributed by atoms with Gasteiger partial charge in [-0.25, -0.2) is 0 Å². The normalized spacial score (nSPS) is 15.6. The molecule has 1 aliphatic heterocycles. The highest BCUT2D eigenvalue weighted by Gasteiger charge is 2.22. The summed E-state index contributed by atoms with van der Waals surface area (Å²) in [5.41, 5.74) is 2.11. The molecule has 0 saturated carbocycles. The van der Waals surface area contributed by atoms with Gasteiger partial charge in [-0.3, -0.25) is 4.79 Å². The zero-order valence-corrected chi connectivity index (χ0v) is 10.3. The number of phenols is 1. The van der Waals surface area contributed by atoms with Crippen LogP contribution in [0, 0.1) is 6.92 Å². The molecule has 1 amide bonds. The number of nitrogens with zero attached hydrogens (tertiary/aromatic N) is 2. The lowest BCUT2D eigenvalue weighted by Gasteiger charge is -2.27. The Morgan fingerprint density at radius 2 is 2.00 bits per heavy atom. The highest BCUT2D eigenvalue weighted by atomic mass is 16.4. The first-order valence-corrected chi connectivity index (χ1v) is 5.90. The van der Waals surface area contributed by atoms with Gasteiger partial charge in [0.1, 0.15) is 5.75 Å². The van der Waals surface area contributed by atoms with Crippen molar-refractivity contribution in [3.8, 4) is 5.75 Å². The second kappa shape index (κ2) is 5.08. The minimum Gasteiger partial charge on any atom is -0.508 e. The van der Waals surface area contributed by atoms with Crippen molar-refractivity contribution >= 4 is 11.6 Å². The molecular weight excluding hydrogens is 232 g/mol. The quantitative estimate of drug-likeness (QED) is 0.587. The number of phenolic OH excluding ortho intramolecular Hbond substituents is 1. The molecule has 1 saturated heterocycles. The van der Waals surface area contributed by atoms with Gasteiger partial charge in [-0.15, -0.1) is 0 Å². The molecule has 0 aromatic heterocycles. The number of carbonyl (C=O) groups is 1. The van der Waals surface area contributed by atoms with Gasteiger partial charge < -0.3 is 15.2 Å². The largest absolute Gasteiger partial charge is 0.508 e. The summed E-state index contributed by atoms with van der Waals surface area (Å²) < 4.78 is 0. The zero-order valence-electron chi connectivity index (χ0n) is 10.3. The number of carbonyl (C=O) groups excluding carboxylic acids is 1. The Hall–Kier alpha value is -2.04. The molecule has 5 heteroatoms. The summed E-state index contributed by atoms with van der Waals surface area (Å²) in [6.45, 7) is 2.94. The molecule has 0 atom stereocenters. The van der Waals surface area contributed by atoms with E-state index in [0.717, 1.165) is 11.3 Å². The topological polar surface area (TPSA) is 73.1 Å². The minimum atomic E-state index is -0.0375. The lowest BCUT2D eigenvalue weighted by molar-refractivity contribution is 0.0753. The highest BCUT2D eigenvalue weighted by Crippen LogP contribution is 2.19. The summed E-state index contributed by atoms with van der Waals surface area (Å²) >= 11 is 0. The number of aromatic hydroxyl groups is 1. The molecule has 0 radical (unpaired) electrons. The van der Waals surface area contributed by atoms with Gasteiger partial charge in [-0.1, -0.05) is 5.16 Å². The number of piperidine rings is 1. The van der Waals surface area contributed by atoms with Gasteiger partial charge in [0.05, 0.1) is 5.71 Å². The average molecular weight is 248 g/mol. The van der Waals surface area contributed by atoms with Crippen LogP contribution in [0.2, 0.25) is 0 Å². The van der Waals surface area contributed by atoms with E-state index in [1.165, 1.54) is 6.07 Å². The molecule has 2 N–H and O–H groups in total. The molecule has 1 aliphatic rings. The first-order chi connectivity index (χ1) is 8.61. The summed E-state index contributed by atoms with van der Waals surface area (Å²) in [5, 5.41) is 21.2. The molecule has 2 rings (SSSR count). The van der Waals surface area contributed by atoms with E-state index in [0.29, 0.717) is 31.5 Å². The average Bonchev–Trinajstić information content (AvgIpc) is 2.38. The van der Waals surface area contributed by atoms with Crippen molar-refractivity contribution in [2.75, 3.05) is 13.1 Å². The number of hydrogen-bond donors (Lipinski definition) is 2. The lowest BCUT2D eigenvalue weighted by atomic mass is 10.0. The lowest BCUT2D eigenvalue weighted by Crippen LogP contribution is -2.38. The summed E-state index contributed by atoms with van der Waals surface area (Å²) in [7, 11) is 0. The highest BCUT2D eigenvalue weighted by molar-refractivity contribution is 5.97. The predicted molar refractivity (Wildman–Crippen MR) is 67.2 cm³/mol. The standard InChI is InChI=1S/C13H16N2O3/c1-9-8-11(16)2-3-12(9)13(17)15-6-4-10(14-18)5-7-15/h2-3,8,16,18H,4-7H2,1H3. The molecule has 5 nitrogen and oxygen atoms in total. The van der Waals surface area contributed by atoms with Gasteiger partial charge in [-0.2, -0.15) is 0 Å². The van der Waals surface area contributed by atoms with Crippen LogP contribution < -0.4 is 0 Å². The molecule has 1 aromatic carbocycles. The maximum Gasteiger partial charge on any atom is 0.254 e. The molecule has 1 fully saturated rings. The van der Waals surface area contributed by atoms with Crippen molar-refractivity contribution < 1.29 is 15.1 Å². The Kier molecular flexibility index (Phi) is 3.50. The van der Waals surface area contributed by atoms with Crippen molar-refractivity contribution in [1.82, 2.24) is 4.90 Å².